The summed E-state index contributed by atoms with van der Waals surface area (Å²) < 4.78 is 2.35. The minimum Gasteiger partial charge on any atom is -0.381 e. The van der Waals surface area contributed by atoms with Crippen molar-refractivity contribution in [1.82, 2.24) is 40.0 Å². The van der Waals surface area contributed by atoms with Gasteiger partial charge in [0.25, 0.3) is 0 Å². The Balaban J connectivity index is 0.841. The SMILES string of the molecule is NC1(C(=O)NCCCn2cc(-c3cccc(CNc4ccc5[nH]c(Cc6c[nH]c7ccccc67)nc5c4)c3)c3cc(CN4CCN(Cc5c(Cl)cccc5Cl)CC4)ccc32)CCNCC1. The highest BCUT2D eigenvalue weighted by molar-refractivity contribution is 6.36. The van der Waals surface area contributed by atoms with Crippen LogP contribution in [0.5, 0.6) is 0 Å². The van der Waals surface area contributed by atoms with E-state index in [1.807, 2.05) is 18.2 Å². The predicted molar refractivity (Wildman–Crippen MR) is 266 cm³/mol. The number of nitrogens with two attached hydrogens (primary N) is 1. The van der Waals surface area contributed by atoms with Gasteiger partial charge in [0.1, 0.15) is 5.82 Å². The third-order valence-electron chi connectivity index (χ3n) is 13.4. The van der Waals surface area contributed by atoms with Crippen molar-refractivity contribution in [2.45, 2.75) is 57.4 Å². The molecule has 7 N–H and O–H groups in total. The van der Waals surface area contributed by atoms with Gasteiger partial charge in [-0.3, -0.25) is 14.6 Å². The lowest BCUT2D eigenvalue weighted by atomic mass is 9.88. The lowest BCUT2D eigenvalue weighted by Gasteiger charge is -2.35. The van der Waals surface area contributed by atoms with E-state index in [1.54, 1.807) is 0 Å². The van der Waals surface area contributed by atoms with Gasteiger partial charge in [-0.15, -0.1) is 0 Å². The number of nitrogens with one attached hydrogen (secondary N) is 5. The number of aryl methyl sites for hydroxylation is 1. The van der Waals surface area contributed by atoms with Gasteiger partial charge in [-0.1, -0.05) is 71.7 Å². The number of carbonyl (C=O) groups excluding carboxylic acids is 1. The van der Waals surface area contributed by atoms with Gasteiger partial charge in [-0.2, -0.15) is 0 Å². The largest absolute Gasteiger partial charge is 0.381 e. The van der Waals surface area contributed by atoms with E-state index in [9.17, 15) is 4.79 Å². The summed E-state index contributed by atoms with van der Waals surface area (Å²) in [6, 6.07) is 36.2. The molecule has 3 aromatic heterocycles. The van der Waals surface area contributed by atoms with Gasteiger partial charge < -0.3 is 36.2 Å². The summed E-state index contributed by atoms with van der Waals surface area (Å²) in [5, 5.41) is 14.0. The van der Waals surface area contributed by atoms with E-state index in [1.165, 1.54) is 44.1 Å². The Bertz CT molecular complexity index is 2940. The zero-order chi connectivity index (χ0) is 44.3. The summed E-state index contributed by atoms with van der Waals surface area (Å²) in [5.41, 5.74) is 18.1. The number of hydrogen-bond acceptors (Lipinski definition) is 7. The van der Waals surface area contributed by atoms with Gasteiger partial charge in [-0.25, -0.2) is 4.98 Å². The van der Waals surface area contributed by atoms with Crippen LogP contribution in [0, 0.1) is 0 Å². The molecule has 5 heterocycles. The molecule has 8 aromatic rings. The number of hydrogen-bond donors (Lipinski definition) is 6. The van der Waals surface area contributed by atoms with E-state index in [0.717, 1.165) is 115 Å². The minimum atomic E-state index is -0.793. The van der Waals surface area contributed by atoms with Crippen molar-refractivity contribution in [3.63, 3.8) is 0 Å². The first-order valence-electron chi connectivity index (χ1n) is 22.9. The average Bonchev–Trinajstić information content (AvgIpc) is 4.04. The molecule has 11 nitrogen and oxygen atoms in total. The highest BCUT2D eigenvalue weighted by atomic mass is 35.5. The fourth-order valence-corrected chi connectivity index (χ4v) is 10.1. The van der Waals surface area contributed by atoms with Crippen LogP contribution in [-0.2, 0) is 37.4 Å². The topological polar surface area (TPSA) is 135 Å². The normalized spacial score (nSPS) is 15.9. The molecule has 2 aliphatic rings. The number of fused-ring (bicyclic) bond motifs is 3. The molecule has 0 atom stereocenters. The Kier molecular flexibility index (Phi) is 12.7. The second-order valence-electron chi connectivity index (χ2n) is 17.9. The fraction of sp³-hybridized carbons (Fsp3) is 0.308. The van der Waals surface area contributed by atoms with E-state index in [4.69, 9.17) is 33.9 Å². The second kappa shape index (κ2) is 19.1. The van der Waals surface area contributed by atoms with Crippen LogP contribution in [0.4, 0.5) is 5.69 Å². The third kappa shape index (κ3) is 9.68. The minimum absolute atomic E-state index is 0.0453. The smallest absolute Gasteiger partial charge is 0.240 e. The summed E-state index contributed by atoms with van der Waals surface area (Å²) in [6.07, 6.45) is 7.20. The lowest BCUT2D eigenvalue weighted by molar-refractivity contribution is -0.127. The van der Waals surface area contributed by atoms with Crippen LogP contribution in [0.25, 0.3) is 44.0 Å². The molecule has 0 bridgehead atoms. The first kappa shape index (κ1) is 43.2. The number of halogens is 2. The maximum Gasteiger partial charge on any atom is 0.240 e. The summed E-state index contributed by atoms with van der Waals surface area (Å²) in [4.78, 5) is 29.9. The van der Waals surface area contributed by atoms with E-state index < -0.39 is 5.54 Å². The number of aromatic nitrogens is 4. The number of anilines is 1. The number of H-pyrrole nitrogens is 2. The Morgan fingerprint density at radius 3 is 2.42 bits per heavy atom. The maximum absolute atomic E-state index is 13.1. The fourth-order valence-electron chi connectivity index (χ4n) is 9.62. The van der Waals surface area contributed by atoms with Crippen molar-refractivity contribution in [2.75, 3.05) is 51.1 Å². The Labute approximate surface area is 389 Å². The van der Waals surface area contributed by atoms with E-state index in [2.05, 4.69) is 138 Å². The van der Waals surface area contributed by atoms with Gasteiger partial charge in [0.15, 0.2) is 0 Å². The molecule has 2 aliphatic heterocycles. The summed E-state index contributed by atoms with van der Waals surface area (Å²) in [6.45, 7) is 9.02. The zero-order valence-corrected chi connectivity index (χ0v) is 38.1. The van der Waals surface area contributed by atoms with Gasteiger partial charge in [0, 0.05) is 126 Å². The molecular weight excluding hydrogens is 852 g/mol. The summed E-state index contributed by atoms with van der Waals surface area (Å²) in [5.74, 6) is 0.900. The van der Waals surface area contributed by atoms with Crippen molar-refractivity contribution in [3.05, 3.63) is 154 Å². The molecule has 1 amide bonds. The first-order chi connectivity index (χ1) is 31.7. The second-order valence-corrected chi connectivity index (χ2v) is 18.7. The predicted octanol–water partition coefficient (Wildman–Crippen LogP) is 9.08. The summed E-state index contributed by atoms with van der Waals surface area (Å²) >= 11 is 13.0. The molecular formula is C52H56Cl2N10O. The van der Waals surface area contributed by atoms with Crippen molar-refractivity contribution in [1.29, 1.82) is 0 Å². The number of nitrogens with zero attached hydrogens (tertiary/aromatic N) is 4. The third-order valence-corrected chi connectivity index (χ3v) is 14.1. The molecule has 0 aliphatic carbocycles. The molecule has 0 radical (unpaired) electrons. The van der Waals surface area contributed by atoms with Crippen LogP contribution in [0.15, 0.2) is 116 Å². The van der Waals surface area contributed by atoms with Crippen molar-refractivity contribution in [3.8, 4) is 11.1 Å². The number of carbonyl (C=O) groups is 1. The Hall–Kier alpha value is -5.66. The van der Waals surface area contributed by atoms with Crippen molar-refractivity contribution < 1.29 is 4.79 Å². The van der Waals surface area contributed by atoms with Gasteiger partial charge in [0.05, 0.1) is 16.6 Å². The number of aromatic amines is 2. The number of benzene rings is 5. The van der Waals surface area contributed by atoms with E-state index in [0.29, 0.717) is 25.9 Å². The lowest BCUT2D eigenvalue weighted by Crippen LogP contribution is -2.59. The standard InChI is InChI=1S/C52H56Cl2N10O/c53-44-9-4-10-45(54)43(44)33-63-24-22-62(23-25-63)32-36-12-15-49-41(27-36)42(34-64(49)21-5-18-57-51(65)52(55)16-19-56-20-17-52)37-7-3-6-35(26-37)30-58-39-13-14-47-48(29-39)61-50(60-47)28-38-31-59-46-11-2-1-8-40(38)46/h1-4,6-15,26-27,29,31,34,56,58-59H,5,16-25,28,30,32-33,55H2,(H,57,65)(H,60,61). The number of para-hydroxylation sites is 1. The molecule has 10 rings (SSSR count). The quantitative estimate of drug-likeness (QED) is 0.0566. The molecule has 0 spiro atoms. The average molecular weight is 908 g/mol. The van der Waals surface area contributed by atoms with Crippen LogP contribution in [0.2, 0.25) is 10.0 Å². The van der Waals surface area contributed by atoms with Crippen LogP contribution < -0.4 is 21.7 Å². The number of amides is 1. The van der Waals surface area contributed by atoms with Crippen LogP contribution >= 0.6 is 23.2 Å². The van der Waals surface area contributed by atoms with Crippen molar-refractivity contribution in [2.24, 2.45) is 5.73 Å². The highest BCUT2D eigenvalue weighted by Gasteiger charge is 2.35. The number of piperazine rings is 1. The number of imidazole rings is 1. The number of piperidine rings is 1. The van der Waals surface area contributed by atoms with E-state index in [-0.39, 0.29) is 5.91 Å². The molecule has 334 valence electrons. The molecule has 2 fully saturated rings. The maximum atomic E-state index is 13.1. The number of rotatable bonds is 15. The van der Waals surface area contributed by atoms with Gasteiger partial charge >= 0.3 is 0 Å². The summed E-state index contributed by atoms with van der Waals surface area (Å²) in [7, 11) is 0. The monoisotopic (exact) mass is 906 g/mol. The molecule has 0 unspecified atom stereocenters. The zero-order valence-electron chi connectivity index (χ0n) is 36.6. The Morgan fingerprint density at radius 2 is 1.58 bits per heavy atom. The molecule has 2 saturated heterocycles. The molecule has 65 heavy (non-hydrogen) atoms. The molecule has 13 heteroatoms. The van der Waals surface area contributed by atoms with Crippen molar-refractivity contribution >= 4 is 67.6 Å². The molecule has 0 saturated carbocycles. The van der Waals surface area contributed by atoms with Crippen LogP contribution in [-0.4, -0.2) is 86.6 Å². The van der Waals surface area contributed by atoms with Crippen LogP contribution in [0.1, 0.15) is 47.3 Å². The van der Waals surface area contributed by atoms with E-state index >= 15 is 0 Å². The van der Waals surface area contributed by atoms with Gasteiger partial charge in [-0.05, 0) is 109 Å². The van der Waals surface area contributed by atoms with Crippen LogP contribution in [0.3, 0.4) is 0 Å². The van der Waals surface area contributed by atoms with Gasteiger partial charge in [0.2, 0.25) is 5.91 Å². The first-order valence-corrected chi connectivity index (χ1v) is 23.6. The molecule has 5 aromatic carbocycles. The Morgan fingerprint density at radius 1 is 0.800 bits per heavy atom. The highest BCUT2D eigenvalue weighted by Crippen LogP contribution is 2.34.